The Morgan fingerprint density at radius 1 is 1.36 bits per heavy atom. The van der Waals surface area contributed by atoms with Crippen LogP contribution in [0.3, 0.4) is 0 Å². The van der Waals surface area contributed by atoms with Crippen molar-refractivity contribution in [3.8, 4) is 0 Å². The summed E-state index contributed by atoms with van der Waals surface area (Å²) in [6.45, 7) is 2.83. The Labute approximate surface area is 127 Å². The van der Waals surface area contributed by atoms with Crippen LogP contribution in [0.4, 0.5) is 0 Å². The summed E-state index contributed by atoms with van der Waals surface area (Å²) in [5.74, 6) is -1.22. The first-order valence-corrected chi connectivity index (χ1v) is 7.23. The smallest absolute Gasteiger partial charge is 0.328 e. The standard InChI is InChI=1S/C16H18N2O4/c1-11-8-12-4-2-3-5-13(12)18(11)9-15(19)17-6-7-22-10-14(17)16(20)21/h2-5,8,14H,6-7,9-10H2,1H3,(H,20,21)/t14-/m1/s1. The molecule has 6 heteroatoms. The number of carboxylic acids is 1. The van der Waals surface area contributed by atoms with Gasteiger partial charge >= 0.3 is 5.97 Å². The fourth-order valence-corrected chi connectivity index (χ4v) is 2.89. The van der Waals surface area contributed by atoms with Gasteiger partial charge in [0.1, 0.15) is 6.54 Å². The van der Waals surface area contributed by atoms with Crippen molar-refractivity contribution in [2.24, 2.45) is 0 Å². The molecule has 1 aliphatic rings. The number of aryl methyl sites for hydroxylation is 1. The van der Waals surface area contributed by atoms with Gasteiger partial charge in [-0.3, -0.25) is 4.79 Å². The minimum Gasteiger partial charge on any atom is -0.480 e. The Balaban J connectivity index is 1.86. The van der Waals surface area contributed by atoms with Gasteiger partial charge in [0.2, 0.25) is 5.91 Å². The third-order valence-corrected chi connectivity index (χ3v) is 4.04. The fourth-order valence-electron chi connectivity index (χ4n) is 2.89. The lowest BCUT2D eigenvalue weighted by Crippen LogP contribution is -2.53. The Morgan fingerprint density at radius 2 is 2.14 bits per heavy atom. The molecule has 2 heterocycles. The van der Waals surface area contributed by atoms with Crippen molar-refractivity contribution >= 4 is 22.8 Å². The molecule has 116 valence electrons. The summed E-state index contributed by atoms with van der Waals surface area (Å²) in [6, 6.07) is 8.97. The molecule has 0 aliphatic carbocycles. The van der Waals surface area contributed by atoms with Crippen LogP contribution in [-0.4, -0.2) is 52.3 Å². The fraction of sp³-hybridized carbons (Fsp3) is 0.375. The molecule has 6 nitrogen and oxygen atoms in total. The molecular weight excluding hydrogens is 284 g/mol. The minimum absolute atomic E-state index is 0.0481. The van der Waals surface area contributed by atoms with E-state index in [9.17, 15) is 14.7 Å². The summed E-state index contributed by atoms with van der Waals surface area (Å²) in [5, 5.41) is 10.3. The summed E-state index contributed by atoms with van der Waals surface area (Å²) < 4.78 is 7.09. The van der Waals surface area contributed by atoms with Crippen LogP contribution in [0.25, 0.3) is 10.9 Å². The highest BCUT2D eigenvalue weighted by atomic mass is 16.5. The second kappa shape index (κ2) is 5.81. The predicted molar refractivity (Wildman–Crippen MR) is 80.6 cm³/mol. The van der Waals surface area contributed by atoms with Crippen LogP contribution in [-0.2, 0) is 20.9 Å². The maximum atomic E-state index is 12.6. The number of para-hydroxylation sites is 1. The first-order valence-electron chi connectivity index (χ1n) is 7.23. The van der Waals surface area contributed by atoms with Gasteiger partial charge in [-0.25, -0.2) is 4.79 Å². The molecule has 1 fully saturated rings. The number of aromatic nitrogens is 1. The summed E-state index contributed by atoms with van der Waals surface area (Å²) in [4.78, 5) is 25.2. The Kier molecular flexibility index (Phi) is 3.85. The SMILES string of the molecule is Cc1cc2ccccc2n1CC(=O)N1CCOC[C@@H]1C(=O)O. The van der Waals surface area contributed by atoms with Crippen molar-refractivity contribution in [2.75, 3.05) is 19.8 Å². The molecule has 1 aromatic heterocycles. The van der Waals surface area contributed by atoms with Gasteiger partial charge < -0.3 is 19.3 Å². The first kappa shape index (κ1) is 14.6. The van der Waals surface area contributed by atoms with Gasteiger partial charge in [0.25, 0.3) is 0 Å². The van der Waals surface area contributed by atoms with Crippen LogP contribution in [0.5, 0.6) is 0 Å². The average Bonchev–Trinajstić information content (AvgIpc) is 2.83. The zero-order valence-corrected chi connectivity index (χ0v) is 12.4. The van der Waals surface area contributed by atoms with E-state index < -0.39 is 12.0 Å². The topological polar surface area (TPSA) is 71.8 Å². The van der Waals surface area contributed by atoms with Crippen LogP contribution in [0.1, 0.15) is 5.69 Å². The van der Waals surface area contributed by atoms with E-state index in [1.165, 1.54) is 4.90 Å². The number of nitrogens with zero attached hydrogens (tertiary/aromatic N) is 2. The Morgan fingerprint density at radius 3 is 2.91 bits per heavy atom. The number of hydrogen-bond acceptors (Lipinski definition) is 3. The number of carbonyl (C=O) groups excluding carboxylic acids is 1. The van der Waals surface area contributed by atoms with Crippen LogP contribution in [0.2, 0.25) is 0 Å². The summed E-state index contributed by atoms with van der Waals surface area (Å²) in [5.41, 5.74) is 1.96. The number of rotatable bonds is 3. The summed E-state index contributed by atoms with van der Waals surface area (Å²) >= 11 is 0. The van der Waals surface area contributed by atoms with Crippen molar-refractivity contribution in [3.63, 3.8) is 0 Å². The van der Waals surface area contributed by atoms with E-state index >= 15 is 0 Å². The normalized spacial score (nSPS) is 18.6. The van der Waals surface area contributed by atoms with Gasteiger partial charge in [0.15, 0.2) is 6.04 Å². The van der Waals surface area contributed by atoms with Gasteiger partial charge in [-0.15, -0.1) is 0 Å². The van der Waals surface area contributed by atoms with Crippen molar-refractivity contribution in [2.45, 2.75) is 19.5 Å². The molecule has 0 spiro atoms. The number of carbonyl (C=O) groups is 2. The van der Waals surface area contributed by atoms with Gasteiger partial charge in [-0.1, -0.05) is 18.2 Å². The molecule has 1 aliphatic heterocycles. The molecule has 1 saturated heterocycles. The zero-order chi connectivity index (χ0) is 15.7. The number of amides is 1. The number of aliphatic carboxylic acids is 1. The maximum absolute atomic E-state index is 12.6. The molecule has 1 amide bonds. The quantitative estimate of drug-likeness (QED) is 0.926. The molecule has 22 heavy (non-hydrogen) atoms. The van der Waals surface area contributed by atoms with Crippen LogP contribution >= 0.6 is 0 Å². The molecule has 1 atom stereocenters. The summed E-state index contributed by atoms with van der Waals surface area (Å²) in [7, 11) is 0. The van der Waals surface area contributed by atoms with E-state index in [1.807, 2.05) is 41.8 Å². The van der Waals surface area contributed by atoms with Crippen LogP contribution < -0.4 is 0 Å². The molecule has 1 N–H and O–H groups in total. The molecule has 0 bridgehead atoms. The average molecular weight is 302 g/mol. The monoisotopic (exact) mass is 302 g/mol. The van der Waals surface area contributed by atoms with Gasteiger partial charge in [-0.2, -0.15) is 0 Å². The van der Waals surface area contributed by atoms with Crippen LogP contribution in [0, 0.1) is 6.92 Å². The van der Waals surface area contributed by atoms with E-state index in [1.54, 1.807) is 0 Å². The lowest BCUT2D eigenvalue weighted by Gasteiger charge is -2.33. The molecule has 1 aromatic carbocycles. The third kappa shape index (κ3) is 2.57. The number of benzene rings is 1. The third-order valence-electron chi connectivity index (χ3n) is 4.04. The highest BCUT2D eigenvalue weighted by Gasteiger charge is 2.32. The number of ether oxygens (including phenoxy) is 1. The maximum Gasteiger partial charge on any atom is 0.328 e. The van der Waals surface area contributed by atoms with Gasteiger partial charge in [-0.05, 0) is 24.4 Å². The second-order valence-electron chi connectivity index (χ2n) is 5.45. The van der Waals surface area contributed by atoms with Crippen molar-refractivity contribution in [1.82, 2.24) is 9.47 Å². The lowest BCUT2D eigenvalue weighted by molar-refractivity contribution is -0.158. The van der Waals surface area contributed by atoms with Crippen molar-refractivity contribution < 1.29 is 19.4 Å². The molecule has 3 rings (SSSR count). The lowest BCUT2D eigenvalue weighted by atomic mass is 10.2. The van der Waals surface area contributed by atoms with E-state index in [2.05, 4.69) is 0 Å². The molecule has 2 aromatic rings. The van der Waals surface area contributed by atoms with Crippen molar-refractivity contribution in [3.05, 3.63) is 36.0 Å². The van der Waals surface area contributed by atoms with Gasteiger partial charge in [0, 0.05) is 17.8 Å². The number of morpholine rings is 1. The molecule has 0 saturated carbocycles. The van der Waals surface area contributed by atoms with E-state index in [0.717, 1.165) is 16.6 Å². The van der Waals surface area contributed by atoms with Gasteiger partial charge in [0.05, 0.1) is 13.2 Å². The van der Waals surface area contributed by atoms with Crippen molar-refractivity contribution in [1.29, 1.82) is 0 Å². The van der Waals surface area contributed by atoms with Crippen LogP contribution in [0.15, 0.2) is 30.3 Å². The first-order chi connectivity index (χ1) is 10.6. The molecular formula is C16H18N2O4. The zero-order valence-electron chi connectivity index (χ0n) is 12.4. The second-order valence-corrected chi connectivity index (χ2v) is 5.45. The largest absolute Gasteiger partial charge is 0.480 e. The van der Waals surface area contributed by atoms with E-state index in [4.69, 9.17) is 4.74 Å². The number of carboxylic acid groups (broad SMARTS) is 1. The minimum atomic E-state index is -1.03. The Hall–Kier alpha value is -2.34. The number of fused-ring (bicyclic) bond motifs is 1. The van der Waals surface area contributed by atoms with E-state index in [-0.39, 0.29) is 19.1 Å². The highest BCUT2D eigenvalue weighted by molar-refractivity contribution is 5.87. The molecule has 0 radical (unpaired) electrons. The summed E-state index contributed by atoms with van der Waals surface area (Å²) in [6.07, 6.45) is 0. The predicted octanol–water partition coefficient (Wildman–Crippen LogP) is 1.26. The Bertz CT molecular complexity index is 722. The number of hydrogen-bond donors (Lipinski definition) is 1. The van der Waals surface area contributed by atoms with E-state index in [0.29, 0.717) is 13.2 Å². The highest BCUT2D eigenvalue weighted by Crippen LogP contribution is 2.20. The molecule has 0 unspecified atom stereocenters.